The topological polar surface area (TPSA) is 50.4 Å². The Hall–Kier alpha value is -2.19. The van der Waals surface area contributed by atoms with E-state index in [1.807, 2.05) is 12.3 Å². The van der Waals surface area contributed by atoms with Gasteiger partial charge in [-0.3, -0.25) is 9.63 Å². The molecule has 8 heteroatoms. The summed E-state index contributed by atoms with van der Waals surface area (Å²) in [6, 6.07) is 6.01. The van der Waals surface area contributed by atoms with E-state index in [0.29, 0.717) is 24.3 Å². The molecule has 2 N–H and O–H groups in total. The third-order valence-electron chi connectivity index (χ3n) is 4.28. The highest BCUT2D eigenvalue weighted by molar-refractivity contribution is 7.98. The predicted molar refractivity (Wildman–Crippen MR) is 98.7 cm³/mol. The van der Waals surface area contributed by atoms with Crippen LogP contribution in [0.5, 0.6) is 0 Å². The second-order valence-corrected chi connectivity index (χ2v) is 7.28. The summed E-state index contributed by atoms with van der Waals surface area (Å²) in [6.07, 6.45) is 3.96. The maximum atomic E-state index is 14.4. The Bertz CT molecular complexity index is 873. The molecule has 1 amide bonds. The summed E-state index contributed by atoms with van der Waals surface area (Å²) in [7, 11) is 0. The van der Waals surface area contributed by atoms with E-state index in [-0.39, 0.29) is 5.56 Å². The predicted octanol–water partition coefficient (Wildman–Crippen LogP) is 4.95. The highest BCUT2D eigenvalue weighted by Crippen LogP contribution is 2.31. The zero-order chi connectivity index (χ0) is 19.6. The molecule has 0 unspecified atom stereocenters. The van der Waals surface area contributed by atoms with Crippen molar-refractivity contribution in [1.29, 1.82) is 0 Å². The number of carbonyl (C=O) groups excluding carboxylic acids is 1. The van der Waals surface area contributed by atoms with Crippen LogP contribution in [0.3, 0.4) is 0 Å². The van der Waals surface area contributed by atoms with Gasteiger partial charge in [-0.25, -0.2) is 18.7 Å². The van der Waals surface area contributed by atoms with E-state index in [4.69, 9.17) is 4.84 Å². The van der Waals surface area contributed by atoms with E-state index in [9.17, 15) is 18.0 Å². The first-order valence-electron chi connectivity index (χ1n) is 8.42. The summed E-state index contributed by atoms with van der Waals surface area (Å²) in [5.74, 6) is -5.02. The van der Waals surface area contributed by atoms with Crippen molar-refractivity contribution in [3.8, 4) is 0 Å². The van der Waals surface area contributed by atoms with Crippen molar-refractivity contribution in [2.24, 2.45) is 5.92 Å². The normalized spacial score (nSPS) is 13.5. The molecule has 1 fully saturated rings. The number of hydrogen-bond acceptors (Lipinski definition) is 4. The van der Waals surface area contributed by atoms with Gasteiger partial charge < -0.3 is 5.32 Å². The van der Waals surface area contributed by atoms with Gasteiger partial charge >= 0.3 is 0 Å². The van der Waals surface area contributed by atoms with Gasteiger partial charge in [0.05, 0.1) is 17.9 Å². The summed E-state index contributed by atoms with van der Waals surface area (Å²) in [5.41, 5.74) is 2.59. The zero-order valence-electron chi connectivity index (χ0n) is 14.9. The molecule has 0 aliphatic heterocycles. The number of halogens is 3. The molecular weight excluding hydrogens is 377 g/mol. The van der Waals surface area contributed by atoms with Gasteiger partial charge in [0.2, 0.25) is 0 Å². The minimum atomic E-state index is -1.65. The van der Waals surface area contributed by atoms with E-state index in [1.54, 1.807) is 19.1 Å². The van der Waals surface area contributed by atoms with E-state index in [2.05, 4.69) is 10.8 Å². The number of benzene rings is 2. The van der Waals surface area contributed by atoms with Crippen LogP contribution >= 0.6 is 11.8 Å². The van der Waals surface area contributed by atoms with Crippen LogP contribution in [0.25, 0.3) is 0 Å². The molecule has 2 aromatic carbocycles. The van der Waals surface area contributed by atoms with Crippen LogP contribution in [0.2, 0.25) is 0 Å². The fourth-order valence-corrected chi connectivity index (χ4v) is 3.00. The largest absolute Gasteiger partial charge is 0.352 e. The van der Waals surface area contributed by atoms with Crippen molar-refractivity contribution < 1.29 is 22.8 Å². The first kappa shape index (κ1) is 19.6. The molecule has 0 heterocycles. The van der Waals surface area contributed by atoms with Gasteiger partial charge in [-0.2, -0.15) is 0 Å². The number of amides is 1. The van der Waals surface area contributed by atoms with Crippen LogP contribution in [0.4, 0.5) is 24.5 Å². The molecule has 144 valence electrons. The van der Waals surface area contributed by atoms with E-state index >= 15 is 0 Å². The van der Waals surface area contributed by atoms with E-state index < -0.39 is 29.0 Å². The smallest absolute Gasteiger partial charge is 0.277 e. The van der Waals surface area contributed by atoms with Gasteiger partial charge in [-0.05, 0) is 61.8 Å². The van der Waals surface area contributed by atoms with Crippen molar-refractivity contribution in [3.63, 3.8) is 0 Å². The molecular formula is C19H19F3N2O2S. The molecule has 0 spiro atoms. The van der Waals surface area contributed by atoms with Gasteiger partial charge in [0.25, 0.3) is 5.91 Å². The quantitative estimate of drug-likeness (QED) is 0.395. The molecule has 1 aliphatic carbocycles. The summed E-state index contributed by atoms with van der Waals surface area (Å²) in [6.45, 7) is 2.12. The Kier molecular flexibility index (Phi) is 5.96. The van der Waals surface area contributed by atoms with E-state index in [0.717, 1.165) is 23.3 Å². The Balaban J connectivity index is 1.89. The first-order chi connectivity index (χ1) is 12.9. The number of anilines is 2. The Morgan fingerprint density at radius 1 is 1.22 bits per heavy atom. The number of hydroxylamine groups is 1. The van der Waals surface area contributed by atoms with Gasteiger partial charge in [0.15, 0.2) is 17.5 Å². The molecule has 0 radical (unpaired) electrons. The van der Waals surface area contributed by atoms with Gasteiger partial charge in [-0.15, -0.1) is 11.8 Å². The molecule has 0 saturated heterocycles. The van der Waals surface area contributed by atoms with Crippen LogP contribution < -0.4 is 10.8 Å². The summed E-state index contributed by atoms with van der Waals surface area (Å²) in [4.78, 5) is 18.4. The minimum Gasteiger partial charge on any atom is -0.352 e. The Morgan fingerprint density at radius 2 is 1.96 bits per heavy atom. The number of carbonyl (C=O) groups is 1. The molecule has 27 heavy (non-hydrogen) atoms. The second kappa shape index (κ2) is 8.22. The summed E-state index contributed by atoms with van der Waals surface area (Å²) >= 11 is 1.54. The monoisotopic (exact) mass is 396 g/mol. The second-order valence-electron chi connectivity index (χ2n) is 6.40. The van der Waals surface area contributed by atoms with Crippen LogP contribution in [0.15, 0.2) is 29.2 Å². The SMILES string of the molecule is CSc1ccc(Nc2c(C(=O)NOCC3CC3)cc(F)c(F)c2F)c(C)c1. The molecule has 0 atom stereocenters. The molecule has 2 aromatic rings. The van der Waals surface area contributed by atoms with Crippen molar-refractivity contribution in [1.82, 2.24) is 5.48 Å². The van der Waals surface area contributed by atoms with Gasteiger partial charge in [0.1, 0.15) is 0 Å². The summed E-state index contributed by atoms with van der Waals surface area (Å²) in [5, 5.41) is 2.71. The third-order valence-corrected chi connectivity index (χ3v) is 5.01. The number of rotatable bonds is 7. The van der Waals surface area contributed by atoms with Gasteiger partial charge in [-0.1, -0.05) is 0 Å². The zero-order valence-corrected chi connectivity index (χ0v) is 15.7. The number of aryl methyl sites for hydroxylation is 1. The average molecular weight is 396 g/mol. The van der Waals surface area contributed by atoms with Crippen LogP contribution in [0.1, 0.15) is 28.8 Å². The van der Waals surface area contributed by atoms with Crippen molar-refractivity contribution in [3.05, 3.63) is 52.8 Å². The fourth-order valence-electron chi connectivity index (χ4n) is 2.50. The van der Waals surface area contributed by atoms with Crippen molar-refractivity contribution in [2.45, 2.75) is 24.7 Å². The highest BCUT2D eigenvalue weighted by atomic mass is 32.2. The molecule has 4 nitrogen and oxygen atoms in total. The van der Waals surface area contributed by atoms with Crippen molar-refractivity contribution >= 4 is 29.0 Å². The average Bonchev–Trinajstić information content (AvgIpc) is 3.47. The lowest BCUT2D eigenvalue weighted by atomic mass is 10.1. The molecule has 3 rings (SSSR count). The Labute approximate surface area is 159 Å². The van der Waals surface area contributed by atoms with Crippen LogP contribution in [-0.2, 0) is 4.84 Å². The minimum absolute atomic E-state index is 0.329. The van der Waals surface area contributed by atoms with Crippen molar-refractivity contribution in [2.75, 3.05) is 18.2 Å². The maximum absolute atomic E-state index is 14.4. The lowest BCUT2D eigenvalue weighted by molar-refractivity contribution is 0.0270. The third kappa shape index (κ3) is 4.56. The van der Waals surface area contributed by atoms with Gasteiger partial charge in [0, 0.05) is 10.6 Å². The highest BCUT2D eigenvalue weighted by Gasteiger charge is 2.25. The lowest BCUT2D eigenvalue weighted by Gasteiger charge is -2.16. The van der Waals surface area contributed by atoms with Crippen LogP contribution in [-0.4, -0.2) is 18.8 Å². The number of nitrogens with one attached hydrogen (secondary N) is 2. The standard InChI is InChI=1S/C19H19F3N2O2S/c1-10-7-12(27-2)5-6-15(10)23-18-13(8-14(20)16(21)17(18)22)19(25)24-26-9-11-3-4-11/h5-8,11,23H,3-4,9H2,1-2H3,(H,24,25). The molecule has 0 bridgehead atoms. The molecule has 1 saturated carbocycles. The molecule has 0 aromatic heterocycles. The lowest BCUT2D eigenvalue weighted by Crippen LogP contribution is -2.26. The number of hydrogen-bond donors (Lipinski definition) is 2. The maximum Gasteiger partial charge on any atom is 0.277 e. The Morgan fingerprint density at radius 3 is 2.59 bits per heavy atom. The van der Waals surface area contributed by atoms with E-state index in [1.165, 1.54) is 11.8 Å². The molecule has 1 aliphatic rings. The van der Waals surface area contributed by atoms with Crippen LogP contribution in [0, 0.1) is 30.3 Å². The fraction of sp³-hybridized carbons (Fsp3) is 0.316. The number of thioether (sulfide) groups is 1. The first-order valence-corrected chi connectivity index (χ1v) is 9.64. The summed E-state index contributed by atoms with van der Waals surface area (Å²) < 4.78 is 41.9.